The fraction of sp³-hybridized carbons (Fsp3) is 0.133. The fourth-order valence-corrected chi connectivity index (χ4v) is 4.33. The number of rotatable bonds is 2. The molecule has 0 N–H and O–H groups in total. The molecule has 0 bridgehead atoms. The molecule has 0 aliphatic carbocycles. The largest absolute Gasteiger partial charge is 0.319 e. The second-order valence-electron chi connectivity index (χ2n) is 4.94. The Bertz CT molecular complexity index is 1020. The van der Waals surface area contributed by atoms with E-state index in [1.165, 1.54) is 24.3 Å². The summed E-state index contributed by atoms with van der Waals surface area (Å²) in [6.07, 6.45) is 0. The van der Waals surface area contributed by atoms with Gasteiger partial charge in [0.15, 0.2) is 0 Å². The quantitative estimate of drug-likeness (QED) is 0.722. The van der Waals surface area contributed by atoms with Crippen LogP contribution in [0.4, 0.5) is 4.39 Å². The number of hydrogen-bond acceptors (Lipinski definition) is 3. The van der Waals surface area contributed by atoms with Gasteiger partial charge in [-0.1, -0.05) is 29.0 Å². The first-order chi connectivity index (χ1) is 10.4. The van der Waals surface area contributed by atoms with Crippen LogP contribution in [-0.4, -0.2) is 13.0 Å². The van der Waals surface area contributed by atoms with E-state index in [0.717, 1.165) is 22.4 Å². The minimum absolute atomic E-state index is 0.140. The summed E-state index contributed by atoms with van der Waals surface area (Å²) in [5.41, 5.74) is 1.71. The second kappa shape index (κ2) is 5.33. The average Bonchev–Trinajstić information content (AvgIpc) is 2.74. The van der Waals surface area contributed by atoms with Gasteiger partial charge in [0.05, 0.1) is 15.1 Å². The molecule has 0 spiro atoms. The van der Waals surface area contributed by atoms with Crippen LogP contribution in [0.1, 0.15) is 5.56 Å². The van der Waals surface area contributed by atoms with E-state index in [9.17, 15) is 12.8 Å². The summed E-state index contributed by atoms with van der Waals surface area (Å²) in [7, 11) is -2.08. The van der Waals surface area contributed by atoms with Gasteiger partial charge in [-0.05, 0) is 37.3 Å². The van der Waals surface area contributed by atoms with Gasteiger partial charge in [-0.3, -0.25) is 0 Å². The monoisotopic (exact) mass is 336 g/mol. The number of benzene rings is 2. The molecule has 0 fully saturated rings. The van der Waals surface area contributed by atoms with Crippen LogP contribution in [0, 0.1) is 12.7 Å². The van der Waals surface area contributed by atoms with Crippen LogP contribution in [0.3, 0.4) is 0 Å². The minimum Gasteiger partial charge on any atom is -0.319 e. The lowest BCUT2D eigenvalue weighted by atomic mass is 10.2. The molecule has 7 heteroatoms. The van der Waals surface area contributed by atoms with Gasteiger partial charge in [-0.15, -0.1) is 4.40 Å². The molecule has 114 valence electrons. The molecule has 1 aromatic heterocycles. The molecule has 1 heterocycles. The lowest BCUT2D eigenvalue weighted by Crippen LogP contribution is -2.13. The van der Waals surface area contributed by atoms with Crippen molar-refractivity contribution in [1.82, 2.24) is 4.57 Å². The van der Waals surface area contributed by atoms with Crippen LogP contribution < -0.4 is 4.80 Å². The molecule has 0 amide bonds. The first-order valence-electron chi connectivity index (χ1n) is 6.49. The molecule has 0 atom stereocenters. The molecular formula is C15H13FN2O2S2. The highest BCUT2D eigenvalue weighted by Gasteiger charge is 2.13. The predicted molar refractivity (Wildman–Crippen MR) is 84.7 cm³/mol. The highest BCUT2D eigenvalue weighted by molar-refractivity contribution is 7.90. The Hall–Kier alpha value is -1.99. The molecule has 0 unspecified atom stereocenters. The summed E-state index contributed by atoms with van der Waals surface area (Å²) in [5, 5.41) is 0. The molecule has 3 aromatic rings. The molecule has 0 aliphatic heterocycles. The number of thiazole rings is 1. The van der Waals surface area contributed by atoms with Crippen LogP contribution in [0.5, 0.6) is 0 Å². The van der Waals surface area contributed by atoms with Crippen molar-refractivity contribution in [3.63, 3.8) is 0 Å². The summed E-state index contributed by atoms with van der Waals surface area (Å²) >= 11 is 1.14. The number of aryl methyl sites for hydroxylation is 2. The second-order valence-corrected chi connectivity index (χ2v) is 7.55. The van der Waals surface area contributed by atoms with E-state index >= 15 is 0 Å². The van der Waals surface area contributed by atoms with Gasteiger partial charge >= 0.3 is 0 Å². The van der Waals surface area contributed by atoms with Crippen molar-refractivity contribution in [3.8, 4) is 0 Å². The summed E-state index contributed by atoms with van der Waals surface area (Å²) in [4.78, 5) is 0.447. The molecule has 0 radical (unpaired) electrons. The third-order valence-electron chi connectivity index (χ3n) is 3.29. The average molecular weight is 336 g/mol. The Morgan fingerprint density at radius 3 is 2.50 bits per heavy atom. The topological polar surface area (TPSA) is 51.4 Å². The molecular weight excluding hydrogens is 323 g/mol. The number of halogens is 1. The third kappa shape index (κ3) is 2.69. The van der Waals surface area contributed by atoms with Crippen LogP contribution in [-0.2, 0) is 17.1 Å². The molecule has 2 aromatic carbocycles. The summed E-state index contributed by atoms with van der Waals surface area (Å²) < 4.78 is 44.2. The third-order valence-corrected chi connectivity index (χ3v) is 5.78. The first kappa shape index (κ1) is 14.9. The van der Waals surface area contributed by atoms with Gasteiger partial charge in [-0.25, -0.2) is 4.39 Å². The minimum atomic E-state index is -3.79. The van der Waals surface area contributed by atoms with Gasteiger partial charge < -0.3 is 4.57 Å². The SMILES string of the molecule is Cc1ccc(S(=O)(=O)N=c2sc3cc(F)ccc3n2C)cc1. The predicted octanol–water partition coefficient (Wildman–Crippen LogP) is 2.98. The Morgan fingerprint density at radius 2 is 1.82 bits per heavy atom. The van der Waals surface area contributed by atoms with Crippen molar-refractivity contribution >= 4 is 31.6 Å². The van der Waals surface area contributed by atoms with E-state index in [4.69, 9.17) is 0 Å². The zero-order valence-electron chi connectivity index (χ0n) is 11.9. The summed E-state index contributed by atoms with van der Waals surface area (Å²) in [6.45, 7) is 1.88. The van der Waals surface area contributed by atoms with E-state index in [1.54, 1.807) is 29.8 Å². The van der Waals surface area contributed by atoms with E-state index in [0.29, 0.717) is 9.50 Å². The zero-order valence-corrected chi connectivity index (χ0v) is 13.6. The molecule has 22 heavy (non-hydrogen) atoms. The van der Waals surface area contributed by atoms with Crippen LogP contribution in [0.25, 0.3) is 10.2 Å². The Labute approximate surface area is 131 Å². The first-order valence-corrected chi connectivity index (χ1v) is 8.75. The summed E-state index contributed by atoms with van der Waals surface area (Å²) in [6, 6.07) is 10.8. The Morgan fingerprint density at radius 1 is 1.14 bits per heavy atom. The molecule has 0 aliphatic rings. The van der Waals surface area contributed by atoms with Gasteiger partial charge in [-0.2, -0.15) is 8.42 Å². The van der Waals surface area contributed by atoms with Crippen molar-refractivity contribution in [2.45, 2.75) is 11.8 Å². The maximum atomic E-state index is 13.3. The van der Waals surface area contributed by atoms with Gasteiger partial charge in [0, 0.05) is 7.05 Å². The lowest BCUT2D eigenvalue weighted by molar-refractivity contribution is 0.596. The smallest absolute Gasteiger partial charge is 0.285 e. The van der Waals surface area contributed by atoms with E-state index in [1.807, 2.05) is 6.92 Å². The Balaban J connectivity index is 2.19. The molecule has 0 saturated carbocycles. The number of hydrogen-bond donors (Lipinski definition) is 0. The zero-order chi connectivity index (χ0) is 15.9. The van der Waals surface area contributed by atoms with Gasteiger partial charge in [0.2, 0.25) is 4.80 Å². The highest BCUT2D eigenvalue weighted by Crippen LogP contribution is 2.19. The van der Waals surface area contributed by atoms with Crippen molar-refractivity contribution in [3.05, 3.63) is 58.6 Å². The highest BCUT2D eigenvalue weighted by atomic mass is 32.2. The number of aromatic nitrogens is 1. The fourth-order valence-electron chi connectivity index (χ4n) is 2.06. The van der Waals surface area contributed by atoms with Gasteiger partial charge in [0.1, 0.15) is 5.82 Å². The van der Waals surface area contributed by atoms with Crippen molar-refractivity contribution in [1.29, 1.82) is 0 Å². The maximum Gasteiger partial charge on any atom is 0.285 e. The standard InChI is InChI=1S/C15H13FN2O2S2/c1-10-3-6-12(7-4-10)22(19,20)17-15-18(2)13-8-5-11(16)9-14(13)21-15/h3-9H,1-2H3. The van der Waals surface area contributed by atoms with Crippen molar-refractivity contribution < 1.29 is 12.8 Å². The molecule has 4 nitrogen and oxygen atoms in total. The normalized spacial score (nSPS) is 13.0. The Kier molecular flexibility index (Phi) is 3.62. The molecule has 0 saturated heterocycles. The van der Waals surface area contributed by atoms with Crippen molar-refractivity contribution in [2.24, 2.45) is 11.4 Å². The number of sulfonamides is 1. The van der Waals surface area contributed by atoms with Crippen LogP contribution >= 0.6 is 11.3 Å². The lowest BCUT2D eigenvalue weighted by Gasteiger charge is -1.99. The maximum absolute atomic E-state index is 13.3. The van der Waals surface area contributed by atoms with Gasteiger partial charge in [0.25, 0.3) is 10.0 Å². The number of nitrogens with zero attached hydrogens (tertiary/aromatic N) is 2. The van der Waals surface area contributed by atoms with E-state index < -0.39 is 10.0 Å². The number of fused-ring (bicyclic) bond motifs is 1. The van der Waals surface area contributed by atoms with Crippen molar-refractivity contribution in [2.75, 3.05) is 0 Å². The molecule has 3 rings (SSSR count). The summed E-state index contributed by atoms with van der Waals surface area (Å²) in [5.74, 6) is -0.359. The van der Waals surface area contributed by atoms with Crippen LogP contribution in [0.2, 0.25) is 0 Å². The van der Waals surface area contributed by atoms with Crippen LogP contribution in [0.15, 0.2) is 51.8 Å². The van der Waals surface area contributed by atoms with E-state index in [2.05, 4.69) is 4.40 Å². The van der Waals surface area contributed by atoms with E-state index in [-0.39, 0.29) is 10.7 Å².